The van der Waals surface area contributed by atoms with Crippen LogP contribution in [0.25, 0.3) is 26.9 Å². The van der Waals surface area contributed by atoms with Crippen molar-refractivity contribution in [2.75, 3.05) is 5.73 Å². The fraction of sp³-hybridized carbons (Fsp3) is 0.0625. The van der Waals surface area contributed by atoms with Crippen molar-refractivity contribution < 1.29 is 9.90 Å². The molecule has 4 aromatic rings. The maximum Gasteiger partial charge on any atom is 0.341 e. The summed E-state index contributed by atoms with van der Waals surface area (Å²) in [5, 5.41) is 16.4. The van der Waals surface area contributed by atoms with Crippen LogP contribution < -0.4 is 5.73 Å². The molecule has 0 spiro atoms. The fourth-order valence-electron chi connectivity index (χ4n) is 2.74. The highest BCUT2D eigenvalue weighted by molar-refractivity contribution is 7.17. The SMILES string of the molecule is Cc1cc(-c2cnc3c(C(=O)O)cnn3c2N)c2sccc2c1. The number of aryl methyl sites for hydroxylation is 1. The third-order valence-corrected chi connectivity index (χ3v) is 4.74. The Bertz CT molecular complexity index is 1080. The molecule has 0 amide bonds. The molecule has 0 aliphatic carbocycles. The molecule has 0 atom stereocenters. The molecule has 1 aromatic carbocycles. The van der Waals surface area contributed by atoms with E-state index in [1.165, 1.54) is 10.7 Å². The minimum Gasteiger partial charge on any atom is -0.477 e. The third-order valence-electron chi connectivity index (χ3n) is 3.78. The van der Waals surface area contributed by atoms with E-state index in [0.717, 1.165) is 26.8 Å². The van der Waals surface area contributed by atoms with Gasteiger partial charge in [-0.2, -0.15) is 9.61 Å². The first-order chi connectivity index (χ1) is 11.1. The Morgan fingerprint density at radius 3 is 2.91 bits per heavy atom. The van der Waals surface area contributed by atoms with Gasteiger partial charge in [0.1, 0.15) is 11.4 Å². The minimum absolute atomic E-state index is 0.0359. The van der Waals surface area contributed by atoms with Crippen LogP contribution in [0.4, 0.5) is 5.82 Å². The highest BCUT2D eigenvalue weighted by Crippen LogP contribution is 2.36. The van der Waals surface area contributed by atoms with Crippen LogP contribution in [0.5, 0.6) is 0 Å². The topological polar surface area (TPSA) is 93.5 Å². The smallest absolute Gasteiger partial charge is 0.341 e. The molecule has 3 N–H and O–H groups in total. The molecule has 0 saturated carbocycles. The molecular weight excluding hydrogens is 312 g/mol. The van der Waals surface area contributed by atoms with Crippen LogP contribution in [0.15, 0.2) is 36.0 Å². The van der Waals surface area contributed by atoms with Gasteiger partial charge in [0.2, 0.25) is 0 Å². The monoisotopic (exact) mass is 324 g/mol. The number of fused-ring (bicyclic) bond motifs is 2. The molecule has 0 radical (unpaired) electrons. The zero-order chi connectivity index (χ0) is 16.1. The van der Waals surface area contributed by atoms with Crippen molar-refractivity contribution >= 4 is 38.9 Å². The van der Waals surface area contributed by atoms with Crippen molar-refractivity contribution in [3.63, 3.8) is 0 Å². The number of rotatable bonds is 2. The van der Waals surface area contributed by atoms with Gasteiger partial charge < -0.3 is 10.8 Å². The minimum atomic E-state index is -1.07. The molecule has 0 unspecified atom stereocenters. The van der Waals surface area contributed by atoms with E-state index in [0.29, 0.717) is 5.82 Å². The van der Waals surface area contributed by atoms with E-state index in [1.54, 1.807) is 17.5 Å². The van der Waals surface area contributed by atoms with E-state index < -0.39 is 5.97 Å². The van der Waals surface area contributed by atoms with E-state index in [9.17, 15) is 4.79 Å². The number of nitrogens with zero attached hydrogens (tertiary/aromatic N) is 3. The molecule has 0 aliphatic rings. The number of hydrogen-bond acceptors (Lipinski definition) is 5. The van der Waals surface area contributed by atoms with Gasteiger partial charge in [-0.25, -0.2) is 9.78 Å². The van der Waals surface area contributed by atoms with E-state index in [1.807, 2.05) is 12.3 Å². The summed E-state index contributed by atoms with van der Waals surface area (Å²) in [6, 6.07) is 6.24. The lowest BCUT2D eigenvalue weighted by atomic mass is 10.0. The number of carbonyl (C=O) groups is 1. The van der Waals surface area contributed by atoms with Gasteiger partial charge >= 0.3 is 5.97 Å². The maximum absolute atomic E-state index is 11.2. The van der Waals surface area contributed by atoms with Gasteiger partial charge in [-0.3, -0.25) is 0 Å². The molecule has 4 rings (SSSR count). The van der Waals surface area contributed by atoms with Gasteiger partial charge in [-0.15, -0.1) is 11.3 Å². The number of aromatic nitrogens is 3. The number of aromatic carboxylic acids is 1. The van der Waals surface area contributed by atoms with Crippen molar-refractivity contribution in [1.29, 1.82) is 0 Å². The van der Waals surface area contributed by atoms with Crippen LogP contribution in [0.1, 0.15) is 15.9 Å². The van der Waals surface area contributed by atoms with E-state index >= 15 is 0 Å². The van der Waals surface area contributed by atoms with Crippen LogP contribution in [0.3, 0.4) is 0 Å². The lowest BCUT2D eigenvalue weighted by Gasteiger charge is -2.09. The summed E-state index contributed by atoms with van der Waals surface area (Å²) >= 11 is 1.63. The number of nitrogens with two attached hydrogens (primary N) is 1. The summed E-state index contributed by atoms with van der Waals surface area (Å²) in [7, 11) is 0. The van der Waals surface area contributed by atoms with Crippen LogP contribution >= 0.6 is 11.3 Å². The Balaban J connectivity index is 2.04. The van der Waals surface area contributed by atoms with E-state index in [-0.39, 0.29) is 11.2 Å². The van der Waals surface area contributed by atoms with Gasteiger partial charge in [0.05, 0.1) is 6.20 Å². The average molecular weight is 324 g/mol. The van der Waals surface area contributed by atoms with Crippen LogP contribution in [0.2, 0.25) is 0 Å². The summed E-state index contributed by atoms with van der Waals surface area (Å²) in [6.07, 6.45) is 2.88. The number of carboxylic acids is 1. The fourth-order valence-corrected chi connectivity index (χ4v) is 3.65. The molecule has 0 bridgehead atoms. The number of hydrogen-bond donors (Lipinski definition) is 2. The second kappa shape index (κ2) is 4.79. The van der Waals surface area contributed by atoms with Crippen molar-refractivity contribution in [2.45, 2.75) is 6.92 Å². The average Bonchev–Trinajstić information content (AvgIpc) is 3.13. The molecule has 23 heavy (non-hydrogen) atoms. The second-order valence-electron chi connectivity index (χ2n) is 5.31. The first-order valence-corrected chi connectivity index (χ1v) is 7.78. The molecule has 3 heterocycles. The number of carboxylic acid groups (broad SMARTS) is 1. The van der Waals surface area contributed by atoms with Gasteiger partial charge in [0.15, 0.2) is 5.65 Å². The highest BCUT2D eigenvalue weighted by Gasteiger charge is 2.18. The number of benzene rings is 1. The number of anilines is 1. The molecule has 7 heteroatoms. The lowest BCUT2D eigenvalue weighted by molar-refractivity contribution is 0.0699. The Morgan fingerprint density at radius 1 is 1.30 bits per heavy atom. The summed E-state index contributed by atoms with van der Waals surface area (Å²) in [5.41, 5.74) is 9.37. The van der Waals surface area contributed by atoms with Gasteiger partial charge in [0, 0.05) is 22.0 Å². The Morgan fingerprint density at radius 2 is 2.13 bits per heavy atom. The summed E-state index contributed by atoms with van der Waals surface area (Å²) in [6.45, 7) is 2.03. The standard InChI is InChI=1S/C16H12N4O2S/c1-8-4-9-2-3-23-13(9)10(5-8)11-6-18-15-12(16(21)22)7-19-20(15)14(11)17/h2-7H,17H2,1H3,(H,21,22). The predicted octanol–water partition coefficient (Wildman–Crippen LogP) is 3.20. The molecule has 0 aliphatic heterocycles. The van der Waals surface area contributed by atoms with Crippen LogP contribution in [-0.4, -0.2) is 25.7 Å². The Hall–Kier alpha value is -2.93. The quantitative estimate of drug-likeness (QED) is 0.590. The number of thiophene rings is 1. The zero-order valence-corrected chi connectivity index (χ0v) is 13.0. The zero-order valence-electron chi connectivity index (χ0n) is 12.1. The maximum atomic E-state index is 11.2. The van der Waals surface area contributed by atoms with Gasteiger partial charge in [-0.05, 0) is 35.4 Å². The first-order valence-electron chi connectivity index (χ1n) is 6.90. The summed E-state index contributed by atoms with van der Waals surface area (Å²) in [4.78, 5) is 15.5. The molecule has 3 aromatic heterocycles. The lowest BCUT2D eigenvalue weighted by Crippen LogP contribution is -2.04. The van der Waals surface area contributed by atoms with Crippen molar-refractivity contribution in [2.24, 2.45) is 0 Å². The van der Waals surface area contributed by atoms with Crippen LogP contribution in [-0.2, 0) is 0 Å². The van der Waals surface area contributed by atoms with Crippen molar-refractivity contribution in [3.05, 3.63) is 47.1 Å². The molecule has 0 fully saturated rings. The second-order valence-corrected chi connectivity index (χ2v) is 6.22. The van der Waals surface area contributed by atoms with Gasteiger partial charge in [0.25, 0.3) is 0 Å². The van der Waals surface area contributed by atoms with E-state index in [4.69, 9.17) is 10.8 Å². The third kappa shape index (κ3) is 1.97. The predicted molar refractivity (Wildman–Crippen MR) is 89.9 cm³/mol. The summed E-state index contributed by atoms with van der Waals surface area (Å²) in [5.74, 6) is -0.696. The largest absolute Gasteiger partial charge is 0.477 e. The van der Waals surface area contributed by atoms with Crippen LogP contribution in [0, 0.1) is 6.92 Å². The molecule has 114 valence electrons. The molecule has 6 nitrogen and oxygen atoms in total. The van der Waals surface area contributed by atoms with Gasteiger partial charge in [-0.1, -0.05) is 6.07 Å². The highest BCUT2D eigenvalue weighted by atomic mass is 32.1. The normalized spacial score (nSPS) is 11.3. The first kappa shape index (κ1) is 13.7. The van der Waals surface area contributed by atoms with Crippen molar-refractivity contribution in [1.82, 2.24) is 14.6 Å². The molecular formula is C16H12N4O2S. The van der Waals surface area contributed by atoms with Crippen molar-refractivity contribution in [3.8, 4) is 11.1 Å². The Labute approximate surface area is 134 Å². The van der Waals surface area contributed by atoms with E-state index in [2.05, 4.69) is 28.3 Å². The summed E-state index contributed by atoms with van der Waals surface area (Å²) < 4.78 is 2.50. The Kier molecular flexibility index (Phi) is 2.85. The molecule has 0 saturated heterocycles. The number of nitrogen functional groups attached to an aromatic ring is 1.